The maximum atomic E-state index is 12.7. The highest BCUT2D eigenvalue weighted by molar-refractivity contribution is 5.82. The molecule has 0 spiro atoms. The summed E-state index contributed by atoms with van der Waals surface area (Å²) in [5, 5.41) is 6.45. The van der Waals surface area contributed by atoms with Crippen molar-refractivity contribution in [2.75, 3.05) is 53.5 Å². The lowest BCUT2D eigenvalue weighted by Gasteiger charge is -2.37. The molecule has 268 valence electrons. The number of amides is 2. The number of rotatable bonds is 10. The van der Waals surface area contributed by atoms with E-state index in [0.717, 1.165) is 61.3 Å². The van der Waals surface area contributed by atoms with Crippen LogP contribution in [0.1, 0.15) is 76.6 Å². The second-order valence-electron chi connectivity index (χ2n) is 15.8. The van der Waals surface area contributed by atoms with Gasteiger partial charge in [-0.25, -0.2) is 9.97 Å². The maximum absolute atomic E-state index is 12.7. The zero-order valence-corrected chi connectivity index (χ0v) is 31.7. The molecule has 4 rings (SSSR count). The van der Waals surface area contributed by atoms with E-state index >= 15 is 0 Å². The number of aromatic nitrogens is 2. The summed E-state index contributed by atoms with van der Waals surface area (Å²) in [5.74, 6) is 2.24. The van der Waals surface area contributed by atoms with Crippen LogP contribution in [0.2, 0.25) is 0 Å². The fourth-order valence-corrected chi connectivity index (χ4v) is 6.20. The molecule has 0 aliphatic carbocycles. The quantitative estimate of drug-likeness (QED) is 0.360. The summed E-state index contributed by atoms with van der Waals surface area (Å²) < 4.78 is 11.7. The third-order valence-corrected chi connectivity index (χ3v) is 9.55. The van der Waals surface area contributed by atoms with Crippen LogP contribution in [0.25, 0.3) is 0 Å². The van der Waals surface area contributed by atoms with Gasteiger partial charge in [0.05, 0.1) is 10.8 Å². The van der Waals surface area contributed by atoms with Crippen molar-refractivity contribution in [3.63, 3.8) is 0 Å². The van der Waals surface area contributed by atoms with Crippen molar-refractivity contribution in [2.24, 2.45) is 22.7 Å². The van der Waals surface area contributed by atoms with Gasteiger partial charge in [0.1, 0.15) is 13.2 Å². The molecule has 10 nitrogen and oxygen atoms in total. The Bertz CT molecular complexity index is 1280. The van der Waals surface area contributed by atoms with Gasteiger partial charge in [-0.15, -0.1) is 0 Å². The van der Waals surface area contributed by atoms with E-state index in [1.807, 2.05) is 67.5 Å². The SMILES string of the molecule is Cc1cnc(OCC(C)(C)C(=O)N[C@@H]2CCN(C)C[C@@H]2C)c(C)c1.Cc1cnc(OCC(C)(C)C(=O)N[C@H]2CCN(C)C[C@H]2C)c(C)c1. The van der Waals surface area contributed by atoms with E-state index in [-0.39, 0.29) is 23.9 Å². The summed E-state index contributed by atoms with van der Waals surface area (Å²) in [5.41, 5.74) is 3.01. The lowest BCUT2D eigenvalue weighted by Crippen LogP contribution is -2.52. The molecule has 4 atom stereocenters. The van der Waals surface area contributed by atoms with Crippen LogP contribution in [-0.4, -0.2) is 97.2 Å². The Morgan fingerprint density at radius 1 is 0.729 bits per heavy atom. The van der Waals surface area contributed by atoms with E-state index in [9.17, 15) is 9.59 Å². The first kappa shape index (κ1) is 39.2. The van der Waals surface area contributed by atoms with Gasteiger partial charge in [-0.2, -0.15) is 0 Å². The smallest absolute Gasteiger partial charge is 0.229 e. The van der Waals surface area contributed by atoms with Gasteiger partial charge in [0.2, 0.25) is 23.6 Å². The molecule has 0 saturated carbocycles. The van der Waals surface area contributed by atoms with Crippen LogP contribution >= 0.6 is 0 Å². The van der Waals surface area contributed by atoms with Crippen molar-refractivity contribution in [1.29, 1.82) is 0 Å². The highest BCUT2D eigenvalue weighted by atomic mass is 16.5. The molecule has 2 fully saturated rings. The van der Waals surface area contributed by atoms with E-state index in [2.05, 4.69) is 58.3 Å². The Hall–Kier alpha value is -3.24. The summed E-state index contributed by atoms with van der Waals surface area (Å²) in [4.78, 5) is 38.7. The molecule has 2 N–H and O–H groups in total. The number of aryl methyl sites for hydroxylation is 4. The third-order valence-electron chi connectivity index (χ3n) is 9.55. The molecule has 0 unspecified atom stereocenters. The van der Waals surface area contributed by atoms with Gasteiger partial charge in [0.25, 0.3) is 0 Å². The molecule has 2 saturated heterocycles. The van der Waals surface area contributed by atoms with Crippen LogP contribution in [0.15, 0.2) is 24.5 Å². The third kappa shape index (κ3) is 11.4. The number of ether oxygens (including phenoxy) is 2. The van der Waals surface area contributed by atoms with Gasteiger partial charge in [-0.1, -0.05) is 13.8 Å². The minimum absolute atomic E-state index is 0.0497. The number of hydrogen-bond donors (Lipinski definition) is 2. The summed E-state index contributed by atoms with van der Waals surface area (Å²) in [7, 11) is 4.26. The normalized spacial score (nSPS) is 22.2. The fraction of sp³-hybridized carbons (Fsp3) is 0.684. The maximum Gasteiger partial charge on any atom is 0.229 e. The molecule has 0 aromatic carbocycles. The molecule has 2 aromatic rings. The average molecular weight is 667 g/mol. The number of hydrogen-bond acceptors (Lipinski definition) is 8. The number of pyridine rings is 2. The molecule has 4 heterocycles. The molecule has 2 aliphatic rings. The molecular weight excluding hydrogens is 604 g/mol. The topological polar surface area (TPSA) is 109 Å². The van der Waals surface area contributed by atoms with Crippen LogP contribution in [0.4, 0.5) is 0 Å². The summed E-state index contributed by atoms with van der Waals surface area (Å²) in [6.07, 6.45) is 5.57. The van der Waals surface area contributed by atoms with Crippen molar-refractivity contribution in [3.05, 3.63) is 46.8 Å². The van der Waals surface area contributed by atoms with Gasteiger partial charge in [0, 0.05) is 48.7 Å². The van der Waals surface area contributed by atoms with E-state index in [4.69, 9.17) is 9.47 Å². The predicted molar refractivity (Wildman–Crippen MR) is 192 cm³/mol. The Morgan fingerprint density at radius 3 is 1.40 bits per heavy atom. The first-order valence-electron chi connectivity index (χ1n) is 17.5. The zero-order chi connectivity index (χ0) is 35.8. The van der Waals surface area contributed by atoms with Gasteiger partial charge in [-0.3, -0.25) is 9.59 Å². The number of likely N-dealkylation sites (tertiary alicyclic amines) is 2. The molecular formula is C38H62N6O4. The van der Waals surface area contributed by atoms with Crippen LogP contribution in [0, 0.1) is 50.4 Å². The molecule has 0 bridgehead atoms. The van der Waals surface area contributed by atoms with E-state index in [1.54, 1.807) is 12.4 Å². The summed E-state index contributed by atoms with van der Waals surface area (Å²) in [6.45, 7) is 24.8. The average Bonchev–Trinajstić information content (AvgIpc) is 2.99. The molecule has 2 amide bonds. The number of nitrogens with zero attached hydrogens (tertiary/aromatic N) is 4. The van der Waals surface area contributed by atoms with E-state index in [0.29, 0.717) is 36.8 Å². The van der Waals surface area contributed by atoms with Crippen molar-refractivity contribution < 1.29 is 19.1 Å². The Balaban J connectivity index is 0.000000260. The number of piperidine rings is 2. The highest BCUT2D eigenvalue weighted by Gasteiger charge is 2.35. The zero-order valence-electron chi connectivity index (χ0n) is 31.7. The van der Waals surface area contributed by atoms with Gasteiger partial charge in [-0.05, 0) is 131 Å². The van der Waals surface area contributed by atoms with Crippen LogP contribution < -0.4 is 20.1 Å². The van der Waals surface area contributed by atoms with Gasteiger partial charge in [0.15, 0.2) is 0 Å². The molecule has 10 heteroatoms. The second-order valence-corrected chi connectivity index (χ2v) is 15.8. The molecule has 48 heavy (non-hydrogen) atoms. The molecule has 2 aromatic heterocycles. The summed E-state index contributed by atoms with van der Waals surface area (Å²) >= 11 is 0. The lowest BCUT2D eigenvalue weighted by molar-refractivity contribution is -0.133. The first-order valence-corrected chi connectivity index (χ1v) is 17.5. The minimum atomic E-state index is -0.595. The number of carbonyl (C=O) groups excluding carboxylic acids is 2. The van der Waals surface area contributed by atoms with E-state index in [1.165, 1.54) is 0 Å². The van der Waals surface area contributed by atoms with Crippen molar-refractivity contribution in [1.82, 2.24) is 30.4 Å². The van der Waals surface area contributed by atoms with Crippen LogP contribution in [-0.2, 0) is 9.59 Å². The second kappa shape index (κ2) is 16.9. The fourth-order valence-electron chi connectivity index (χ4n) is 6.20. The monoisotopic (exact) mass is 666 g/mol. The van der Waals surface area contributed by atoms with Gasteiger partial charge < -0.3 is 29.9 Å². The standard InChI is InChI=1S/2C19H31N3O2/c2*1-13-9-14(2)17(20-10-13)24-12-19(4,5)18(23)21-16-7-8-22(6)11-15(16)3/h2*9-10,15-16H,7-8,11-12H2,1-6H3,(H,21,23)/t2*15-,16+/m10/s1. The molecule has 0 radical (unpaired) electrons. The molecule has 2 aliphatic heterocycles. The van der Waals surface area contributed by atoms with Crippen molar-refractivity contribution in [2.45, 2.75) is 94.2 Å². The highest BCUT2D eigenvalue weighted by Crippen LogP contribution is 2.24. The number of nitrogens with one attached hydrogen (secondary N) is 2. The van der Waals surface area contributed by atoms with Crippen LogP contribution in [0.5, 0.6) is 11.8 Å². The van der Waals surface area contributed by atoms with Crippen LogP contribution in [0.3, 0.4) is 0 Å². The number of carbonyl (C=O) groups is 2. The Morgan fingerprint density at radius 2 is 1.08 bits per heavy atom. The minimum Gasteiger partial charge on any atom is -0.476 e. The predicted octanol–water partition coefficient (Wildman–Crippen LogP) is 5.12. The largest absolute Gasteiger partial charge is 0.476 e. The van der Waals surface area contributed by atoms with Gasteiger partial charge >= 0.3 is 0 Å². The summed E-state index contributed by atoms with van der Waals surface area (Å²) in [6, 6.07) is 4.56. The van der Waals surface area contributed by atoms with Crippen molar-refractivity contribution in [3.8, 4) is 11.8 Å². The first-order chi connectivity index (χ1) is 22.4. The van der Waals surface area contributed by atoms with Crippen molar-refractivity contribution >= 4 is 11.8 Å². The lowest BCUT2D eigenvalue weighted by atomic mass is 9.89. The van der Waals surface area contributed by atoms with E-state index < -0.39 is 10.8 Å². The Kier molecular flexibility index (Phi) is 13.8. The Labute approximate surface area is 289 Å².